The molecule has 0 aromatic rings. The van der Waals surface area contributed by atoms with Gasteiger partial charge < -0.3 is 5.32 Å². The second kappa shape index (κ2) is 3.93. The van der Waals surface area contributed by atoms with Gasteiger partial charge in [-0.15, -0.1) is 0 Å². The monoisotopic (exact) mass is 207 g/mol. The molecule has 0 unspecified atom stereocenters. The first-order chi connectivity index (χ1) is 6.31. The molecule has 0 amide bonds. The molecule has 1 aliphatic heterocycles. The van der Waals surface area contributed by atoms with E-state index in [4.69, 9.17) is 0 Å². The molecule has 0 spiro atoms. The first-order valence-corrected chi connectivity index (χ1v) is 4.78. The Bertz CT molecular complexity index is 228. The molecule has 0 bridgehead atoms. The normalized spacial score (nSPS) is 25.4. The summed E-state index contributed by atoms with van der Waals surface area (Å²) in [5.41, 5.74) is 0.789. The van der Waals surface area contributed by atoms with E-state index in [-0.39, 0.29) is 5.41 Å². The Labute approximate surface area is 82.4 Å². The number of hydrogen-bond acceptors (Lipinski definition) is 1. The van der Waals surface area contributed by atoms with Crippen LogP contribution in [0.1, 0.15) is 26.7 Å². The number of allylic oxidation sites excluding steroid dienone is 1. The first kappa shape index (κ1) is 11.6. The summed E-state index contributed by atoms with van der Waals surface area (Å²) >= 11 is 0. The van der Waals surface area contributed by atoms with Crippen LogP contribution in [0, 0.1) is 5.41 Å². The summed E-state index contributed by atoms with van der Waals surface area (Å²) in [6.07, 6.45) is -2.80. The molecule has 0 radical (unpaired) electrons. The summed E-state index contributed by atoms with van der Waals surface area (Å²) < 4.78 is 36.0. The van der Waals surface area contributed by atoms with Crippen molar-refractivity contribution in [2.75, 3.05) is 13.1 Å². The van der Waals surface area contributed by atoms with E-state index in [2.05, 4.69) is 5.32 Å². The Morgan fingerprint density at radius 3 is 2.57 bits per heavy atom. The average Bonchev–Trinajstić information content (AvgIpc) is 2.00. The second-order valence-corrected chi connectivity index (χ2v) is 4.36. The topological polar surface area (TPSA) is 12.0 Å². The van der Waals surface area contributed by atoms with Crippen LogP contribution in [0.25, 0.3) is 0 Å². The van der Waals surface area contributed by atoms with Gasteiger partial charge in [-0.05, 0) is 18.4 Å². The lowest BCUT2D eigenvalue weighted by molar-refractivity contribution is -0.125. The van der Waals surface area contributed by atoms with E-state index >= 15 is 0 Å². The Kier molecular flexibility index (Phi) is 3.24. The molecular weight excluding hydrogens is 191 g/mol. The van der Waals surface area contributed by atoms with E-state index in [0.717, 1.165) is 25.1 Å². The molecule has 1 rings (SSSR count). The third-order valence-electron chi connectivity index (χ3n) is 2.59. The summed E-state index contributed by atoms with van der Waals surface area (Å²) in [4.78, 5) is 0. The zero-order valence-electron chi connectivity index (χ0n) is 8.54. The number of nitrogens with one attached hydrogen (secondary N) is 1. The van der Waals surface area contributed by atoms with Crippen LogP contribution in [0.5, 0.6) is 0 Å². The number of piperidine rings is 1. The molecule has 0 saturated carbocycles. The van der Waals surface area contributed by atoms with Gasteiger partial charge in [0.2, 0.25) is 0 Å². The van der Waals surface area contributed by atoms with Crippen LogP contribution in [-0.4, -0.2) is 19.3 Å². The van der Waals surface area contributed by atoms with E-state index in [9.17, 15) is 13.2 Å². The molecule has 14 heavy (non-hydrogen) atoms. The molecule has 1 aliphatic rings. The van der Waals surface area contributed by atoms with Gasteiger partial charge in [-0.2, -0.15) is 13.2 Å². The highest BCUT2D eigenvalue weighted by Crippen LogP contribution is 2.32. The molecular formula is C10H16F3N. The van der Waals surface area contributed by atoms with E-state index < -0.39 is 12.6 Å². The largest absolute Gasteiger partial charge is 0.392 e. The second-order valence-electron chi connectivity index (χ2n) is 4.36. The van der Waals surface area contributed by atoms with Crippen LogP contribution in [-0.2, 0) is 0 Å². The maximum atomic E-state index is 12.0. The van der Waals surface area contributed by atoms with Gasteiger partial charge in [-0.1, -0.05) is 25.5 Å². The van der Waals surface area contributed by atoms with E-state index in [1.54, 1.807) is 0 Å². The average molecular weight is 207 g/mol. The van der Waals surface area contributed by atoms with Crippen molar-refractivity contribution < 1.29 is 13.2 Å². The minimum Gasteiger partial charge on any atom is -0.316 e. The highest BCUT2D eigenvalue weighted by atomic mass is 19.4. The molecule has 1 N–H and O–H groups in total. The van der Waals surface area contributed by atoms with Crippen molar-refractivity contribution in [3.05, 3.63) is 11.6 Å². The molecule has 0 aromatic heterocycles. The van der Waals surface area contributed by atoms with Crippen LogP contribution >= 0.6 is 0 Å². The van der Waals surface area contributed by atoms with Crippen molar-refractivity contribution >= 4 is 0 Å². The minimum atomic E-state index is -4.08. The molecule has 1 fully saturated rings. The molecule has 4 heteroatoms. The van der Waals surface area contributed by atoms with Crippen LogP contribution in [0.2, 0.25) is 0 Å². The SMILES string of the molecule is CC1(C)CNCC/C1=C/CC(F)(F)F. The summed E-state index contributed by atoms with van der Waals surface area (Å²) in [7, 11) is 0. The quantitative estimate of drug-likeness (QED) is 0.652. The van der Waals surface area contributed by atoms with E-state index in [1.165, 1.54) is 6.08 Å². The predicted molar refractivity (Wildman–Crippen MR) is 50.0 cm³/mol. The Balaban J connectivity index is 2.65. The summed E-state index contributed by atoms with van der Waals surface area (Å²) in [6, 6.07) is 0. The fourth-order valence-corrected chi connectivity index (χ4v) is 1.69. The fourth-order valence-electron chi connectivity index (χ4n) is 1.69. The number of alkyl halides is 3. The lowest BCUT2D eigenvalue weighted by Gasteiger charge is -2.33. The van der Waals surface area contributed by atoms with Crippen molar-refractivity contribution in [3.63, 3.8) is 0 Å². The van der Waals surface area contributed by atoms with Gasteiger partial charge in [-0.3, -0.25) is 0 Å². The molecule has 82 valence electrons. The van der Waals surface area contributed by atoms with Gasteiger partial charge >= 0.3 is 6.18 Å². The number of hydrogen-bond donors (Lipinski definition) is 1. The highest BCUT2D eigenvalue weighted by molar-refractivity contribution is 5.16. The van der Waals surface area contributed by atoms with Crippen molar-refractivity contribution in [1.82, 2.24) is 5.32 Å². The van der Waals surface area contributed by atoms with Gasteiger partial charge in [0.1, 0.15) is 0 Å². The standard InChI is InChI=1S/C10H16F3N/c1-9(2)7-14-6-4-8(9)3-5-10(11,12)13/h3,14H,4-7H2,1-2H3/b8-3-. The molecule has 1 heterocycles. The maximum Gasteiger partial charge on any atom is 0.392 e. The third kappa shape index (κ3) is 3.33. The molecule has 0 aliphatic carbocycles. The van der Waals surface area contributed by atoms with Crippen molar-refractivity contribution in [3.8, 4) is 0 Å². The lowest BCUT2D eigenvalue weighted by atomic mass is 9.79. The third-order valence-corrected chi connectivity index (χ3v) is 2.59. The Morgan fingerprint density at radius 1 is 1.43 bits per heavy atom. The van der Waals surface area contributed by atoms with E-state index in [1.807, 2.05) is 13.8 Å². The van der Waals surface area contributed by atoms with Crippen LogP contribution in [0.3, 0.4) is 0 Å². The predicted octanol–water partition coefficient (Wildman–Crippen LogP) is 2.88. The fraction of sp³-hybridized carbons (Fsp3) is 0.800. The zero-order valence-corrected chi connectivity index (χ0v) is 8.54. The Morgan fingerprint density at radius 2 is 2.07 bits per heavy atom. The van der Waals surface area contributed by atoms with Crippen molar-refractivity contribution in [2.24, 2.45) is 5.41 Å². The molecule has 0 aromatic carbocycles. The van der Waals surface area contributed by atoms with Gasteiger partial charge in [-0.25, -0.2) is 0 Å². The van der Waals surface area contributed by atoms with Crippen molar-refractivity contribution in [1.29, 1.82) is 0 Å². The minimum absolute atomic E-state index is 0.135. The van der Waals surface area contributed by atoms with E-state index in [0.29, 0.717) is 0 Å². The molecule has 0 atom stereocenters. The summed E-state index contributed by atoms with van der Waals surface area (Å²) in [5.74, 6) is 0. The van der Waals surface area contributed by atoms with Gasteiger partial charge in [0, 0.05) is 6.54 Å². The summed E-state index contributed by atoms with van der Waals surface area (Å²) in [5, 5.41) is 3.18. The maximum absolute atomic E-state index is 12.0. The number of halogens is 3. The van der Waals surface area contributed by atoms with Gasteiger partial charge in [0.05, 0.1) is 6.42 Å². The zero-order chi connectivity index (χ0) is 10.8. The molecule has 1 saturated heterocycles. The summed E-state index contributed by atoms with van der Waals surface area (Å²) in [6.45, 7) is 5.49. The van der Waals surface area contributed by atoms with Crippen LogP contribution in [0.15, 0.2) is 11.6 Å². The highest BCUT2D eigenvalue weighted by Gasteiger charge is 2.30. The molecule has 1 nitrogen and oxygen atoms in total. The van der Waals surface area contributed by atoms with Crippen LogP contribution in [0.4, 0.5) is 13.2 Å². The van der Waals surface area contributed by atoms with Gasteiger partial charge in [0.25, 0.3) is 0 Å². The Hall–Kier alpha value is -0.510. The smallest absolute Gasteiger partial charge is 0.316 e. The van der Waals surface area contributed by atoms with Crippen LogP contribution < -0.4 is 5.32 Å². The lowest BCUT2D eigenvalue weighted by Crippen LogP contribution is -2.37. The van der Waals surface area contributed by atoms with Gasteiger partial charge in [0.15, 0.2) is 0 Å². The van der Waals surface area contributed by atoms with Crippen molar-refractivity contribution in [2.45, 2.75) is 32.9 Å². The number of rotatable bonds is 1. The first-order valence-electron chi connectivity index (χ1n) is 4.78.